The number of benzene rings is 3. The topological polar surface area (TPSA) is 0 Å². The van der Waals surface area contributed by atoms with Gasteiger partial charge in [-0.2, -0.15) is 0 Å². The van der Waals surface area contributed by atoms with Gasteiger partial charge < -0.3 is 0 Å². The molecule has 3 aromatic rings. The SMILES string of the molecule is Cc1ccccc1-c1cc(-c2ccccc2)ccc1C1CCC1. The third kappa shape index (κ3) is 2.70. The molecule has 0 radical (unpaired) electrons. The highest BCUT2D eigenvalue weighted by Gasteiger charge is 2.23. The Labute approximate surface area is 138 Å². The summed E-state index contributed by atoms with van der Waals surface area (Å²) in [5.74, 6) is 0.745. The van der Waals surface area contributed by atoms with Crippen LogP contribution in [0.3, 0.4) is 0 Å². The summed E-state index contributed by atoms with van der Waals surface area (Å²) in [6, 6.07) is 26.5. The number of rotatable bonds is 3. The van der Waals surface area contributed by atoms with Gasteiger partial charge in [0.2, 0.25) is 0 Å². The zero-order valence-corrected chi connectivity index (χ0v) is 13.6. The minimum Gasteiger partial charge on any atom is -0.0622 e. The highest BCUT2D eigenvalue weighted by molar-refractivity contribution is 5.77. The minimum atomic E-state index is 0.745. The normalized spacial score (nSPS) is 14.5. The van der Waals surface area contributed by atoms with E-state index < -0.39 is 0 Å². The molecule has 3 aromatic carbocycles. The third-order valence-corrected chi connectivity index (χ3v) is 5.14. The zero-order chi connectivity index (χ0) is 15.6. The summed E-state index contributed by atoms with van der Waals surface area (Å²) in [5.41, 5.74) is 8.30. The lowest BCUT2D eigenvalue weighted by Gasteiger charge is -2.29. The molecular weight excluding hydrogens is 276 g/mol. The fourth-order valence-corrected chi connectivity index (χ4v) is 3.55. The molecule has 0 spiro atoms. The lowest BCUT2D eigenvalue weighted by molar-refractivity contribution is 0.420. The van der Waals surface area contributed by atoms with E-state index in [1.54, 1.807) is 0 Å². The largest absolute Gasteiger partial charge is 0.0622 e. The monoisotopic (exact) mass is 298 g/mol. The van der Waals surface area contributed by atoms with Crippen LogP contribution in [0.5, 0.6) is 0 Å². The van der Waals surface area contributed by atoms with E-state index in [1.807, 2.05) is 0 Å². The van der Waals surface area contributed by atoms with Gasteiger partial charge in [0.15, 0.2) is 0 Å². The fourth-order valence-electron chi connectivity index (χ4n) is 3.55. The van der Waals surface area contributed by atoms with Gasteiger partial charge >= 0.3 is 0 Å². The van der Waals surface area contributed by atoms with E-state index >= 15 is 0 Å². The Balaban J connectivity index is 1.88. The smallest absolute Gasteiger partial charge is 0.0140 e. The third-order valence-electron chi connectivity index (χ3n) is 5.14. The van der Waals surface area contributed by atoms with Crippen molar-refractivity contribution < 1.29 is 0 Å². The molecule has 0 unspecified atom stereocenters. The van der Waals surface area contributed by atoms with Crippen LogP contribution in [-0.4, -0.2) is 0 Å². The van der Waals surface area contributed by atoms with E-state index in [1.165, 1.54) is 52.6 Å². The average molecular weight is 298 g/mol. The maximum absolute atomic E-state index is 2.39. The molecule has 1 fully saturated rings. The molecule has 0 amide bonds. The van der Waals surface area contributed by atoms with Crippen molar-refractivity contribution in [1.82, 2.24) is 0 Å². The van der Waals surface area contributed by atoms with Gasteiger partial charge in [-0.25, -0.2) is 0 Å². The fraction of sp³-hybridized carbons (Fsp3) is 0.217. The molecular formula is C23H22. The maximum Gasteiger partial charge on any atom is -0.0140 e. The van der Waals surface area contributed by atoms with Crippen LogP contribution in [-0.2, 0) is 0 Å². The van der Waals surface area contributed by atoms with Gasteiger partial charge in [-0.3, -0.25) is 0 Å². The van der Waals surface area contributed by atoms with E-state index in [4.69, 9.17) is 0 Å². The van der Waals surface area contributed by atoms with E-state index in [0.717, 1.165) is 5.92 Å². The molecule has 4 rings (SSSR count). The van der Waals surface area contributed by atoms with E-state index in [0.29, 0.717) is 0 Å². The summed E-state index contributed by atoms with van der Waals surface area (Å²) in [7, 11) is 0. The van der Waals surface area contributed by atoms with Gasteiger partial charge in [-0.15, -0.1) is 0 Å². The van der Waals surface area contributed by atoms with Crippen LogP contribution in [0.4, 0.5) is 0 Å². The van der Waals surface area contributed by atoms with Gasteiger partial charge in [-0.05, 0) is 65.1 Å². The Bertz CT molecular complexity index is 810. The Morgan fingerprint density at radius 3 is 2.13 bits per heavy atom. The Morgan fingerprint density at radius 1 is 0.696 bits per heavy atom. The quantitative estimate of drug-likeness (QED) is 0.511. The Kier molecular flexibility index (Phi) is 3.75. The summed E-state index contributed by atoms with van der Waals surface area (Å²) in [4.78, 5) is 0. The molecule has 1 saturated carbocycles. The van der Waals surface area contributed by atoms with Gasteiger partial charge in [0.05, 0.1) is 0 Å². The van der Waals surface area contributed by atoms with Crippen LogP contribution in [0.2, 0.25) is 0 Å². The predicted molar refractivity (Wildman–Crippen MR) is 98.6 cm³/mol. The second kappa shape index (κ2) is 6.04. The first-order chi connectivity index (χ1) is 11.3. The second-order valence-electron chi connectivity index (χ2n) is 6.61. The maximum atomic E-state index is 2.39. The van der Waals surface area contributed by atoms with Gasteiger partial charge in [-0.1, -0.05) is 73.2 Å². The van der Waals surface area contributed by atoms with Crippen molar-refractivity contribution >= 4 is 0 Å². The highest BCUT2D eigenvalue weighted by atomic mass is 14.3. The van der Waals surface area contributed by atoms with E-state index in [-0.39, 0.29) is 0 Å². The van der Waals surface area contributed by atoms with Crippen molar-refractivity contribution in [3.05, 3.63) is 83.9 Å². The molecule has 114 valence electrons. The van der Waals surface area contributed by atoms with Crippen LogP contribution in [0.15, 0.2) is 72.8 Å². The van der Waals surface area contributed by atoms with Gasteiger partial charge in [0.1, 0.15) is 0 Å². The second-order valence-corrected chi connectivity index (χ2v) is 6.61. The van der Waals surface area contributed by atoms with Crippen molar-refractivity contribution in [2.75, 3.05) is 0 Å². The molecule has 23 heavy (non-hydrogen) atoms. The summed E-state index contributed by atoms with van der Waals surface area (Å²) in [6.45, 7) is 2.22. The van der Waals surface area contributed by atoms with Crippen LogP contribution in [0.1, 0.15) is 36.3 Å². The number of aryl methyl sites for hydroxylation is 1. The zero-order valence-electron chi connectivity index (χ0n) is 13.6. The lowest BCUT2D eigenvalue weighted by atomic mass is 9.76. The minimum absolute atomic E-state index is 0.745. The summed E-state index contributed by atoms with van der Waals surface area (Å²) < 4.78 is 0. The summed E-state index contributed by atoms with van der Waals surface area (Å²) in [5, 5.41) is 0. The molecule has 0 bridgehead atoms. The molecule has 1 aliphatic rings. The highest BCUT2D eigenvalue weighted by Crippen LogP contribution is 2.43. The Hall–Kier alpha value is -2.34. The molecule has 1 aliphatic carbocycles. The molecule has 0 N–H and O–H groups in total. The van der Waals surface area contributed by atoms with Crippen molar-refractivity contribution in [2.45, 2.75) is 32.1 Å². The number of hydrogen-bond acceptors (Lipinski definition) is 0. The number of hydrogen-bond donors (Lipinski definition) is 0. The van der Waals surface area contributed by atoms with Crippen LogP contribution < -0.4 is 0 Å². The molecule has 0 atom stereocenters. The van der Waals surface area contributed by atoms with Crippen LogP contribution >= 0.6 is 0 Å². The van der Waals surface area contributed by atoms with Gasteiger partial charge in [0, 0.05) is 0 Å². The molecule has 0 heterocycles. The first-order valence-electron chi connectivity index (χ1n) is 8.58. The van der Waals surface area contributed by atoms with Crippen molar-refractivity contribution in [1.29, 1.82) is 0 Å². The van der Waals surface area contributed by atoms with E-state index in [9.17, 15) is 0 Å². The molecule has 0 nitrogen and oxygen atoms in total. The van der Waals surface area contributed by atoms with Crippen molar-refractivity contribution in [3.8, 4) is 22.3 Å². The van der Waals surface area contributed by atoms with Crippen molar-refractivity contribution in [2.24, 2.45) is 0 Å². The van der Waals surface area contributed by atoms with Crippen molar-refractivity contribution in [3.63, 3.8) is 0 Å². The predicted octanol–water partition coefficient (Wildman–Crippen LogP) is 6.60. The first-order valence-corrected chi connectivity index (χ1v) is 8.58. The lowest BCUT2D eigenvalue weighted by Crippen LogP contribution is -2.10. The molecule has 0 aromatic heterocycles. The van der Waals surface area contributed by atoms with Crippen LogP contribution in [0, 0.1) is 6.92 Å². The summed E-state index contributed by atoms with van der Waals surface area (Å²) >= 11 is 0. The molecule has 0 saturated heterocycles. The van der Waals surface area contributed by atoms with Gasteiger partial charge in [0.25, 0.3) is 0 Å². The standard InChI is InChI=1S/C23H22/c1-17-8-5-6-13-21(17)23-16-20(18-9-3-2-4-10-18)14-15-22(23)19-11-7-12-19/h2-6,8-10,13-16,19H,7,11-12H2,1H3. The average Bonchev–Trinajstić information content (AvgIpc) is 2.55. The molecule has 0 heteroatoms. The first kappa shape index (κ1) is 14.3. The summed E-state index contributed by atoms with van der Waals surface area (Å²) in [6.07, 6.45) is 4.05. The van der Waals surface area contributed by atoms with Crippen LogP contribution in [0.25, 0.3) is 22.3 Å². The van der Waals surface area contributed by atoms with E-state index in [2.05, 4.69) is 79.7 Å². The molecule has 0 aliphatic heterocycles. The Morgan fingerprint density at radius 2 is 1.43 bits per heavy atom.